The van der Waals surface area contributed by atoms with Crippen molar-refractivity contribution in [2.45, 2.75) is 0 Å². The molecule has 84 heavy (non-hydrogen) atoms. The Morgan fingerprint density at radius 1 is 0.238 bits per heavy atom. The summed E-state index contributed by atoms with van der Waals surface area (Å²) in [7, 11) is 0. The van der Waals surface area contributed by atoms with Crippen molar-refractivity contribution in [3.8, 4) is 113 Å². The maximum atomic E-state index is 10.7. The van der Waals surface area contributed by atoms with Crippen LogP contribution in [0.15, 0.2) is 285 Å². The summed E-state index contributed by atoms with van der Waals surface area (Å²) in [5.74, 6) is 1.39. The van der Waals surface area contributed by atoms with Crippen LogP contribution in [0, 0.1) is 22.7 Å². The predicted octanol–water partition coefficient (Wildman–Crippen LogP) is 19.1. The van der Waals surface area contributed by atoms with Crippen molar-refractivity contribution >= 4 is 43.6 Å². The molecule has 3 heterocycles. The van der Waals surface area contributed by atoms with Crippen LogP contribution >= 0.6 is 0 Å². The van der Waals surface area contributed by atoms with E-state index in [0.29, 0.717) is 28.6 Å². The van der Waals surface area contributed by atoms with Gasteiger partial charge in [-0.25, -0.2) is 15.0 Å². The Morgan fingerprint density at radius 2 is 0.560 bits per heavy atom. The van der Waals surface area contributed by atoms with Crippen molar-refractivity contribution in [3.63, 3.8) is 0 Å². The Hall–Kier alpha value is -11.8. The zero-order valence-electron chi connectivity index (χ0n) is 45.3. The van der Waals surface area contributed by atoms with Crippen molar-refractivity contribution in [3.05, 3.63) is 296 Å². The van der Waals surface area contributed by atoms with Crippen LogP contribution in [0.2, 0.25) is 0 Å². The minimum Gasteiger partial charge on any atom is -0.308 e. The maximum absolute atomic E-state index is 10.7. The molecule has 0 N–H and O–H groups in total. The summed E-state index contributed by atoms with van der Waals surface area (Å²) in [6.45, 7) is 0. The SMILES string of the molecule is N#Cc1ccc(-c2ccc(-n3c4ccc(-c5ccccc5)cc4c4cc(-c5ccccc5)ccc43)c(-c3nc(-c4ccccc4)nc(-c4ccc(C#N)cc4-n4c5ccc(-c6ccccc6)cc5c5cc(-c6ccccc6)ccc54)n3)c2)cc1. The number of nitrogens with zero attached hydrogens (tertiary/aromatic N) is 7. The first-order chi connectivity index (χ1) is 41.5. The molecule has 0 amide bonds. The molecule has 0 aliphatic rings. The second-order valence-corrected chi connectivity index (χ2v) is 21.0. The van der Waals surface area contributed by atoms with Crippen LogP contribution in [0.3, 0.4) is 0 Å². The van der Waals surface area contributed by atoms with E-state index in [2.05, 4.69) is 221 Å². The molecule has 7 nitrogen and oxygen atoms in total. The van der Waals surface area contributed by atoms with Gasteiger partial charge in [0.15, 0.2) is 17.5 Å². The monoisotopic (exact) mass is 1070 g/mol. The summed E-state index contributed by atoms with van der Waals surface area (Å²) in [5.41, 5.74) is 19.8. The molecule has 0 atom stereocenters. The number of benzene rings is 12. The Labute approximate surface area is 485 Å². The second kappa shape index (κ2) is 20.7. The molecule has 0 saturated heterocycles. The van der Waals surface area contributed by atoms with Crippen LogP contribution in [0.25, 0.3) is 145 Å². The average Bonchev–Trinajstić information content (AvgIpc) is 1.97. The first-order valence-electron chi connectivity index (χ1n) is 27.9. The van der Waals surface area contributed by atoms with Crippen molar-refractivity contribution < 1.29 is 0 Å². The highest BCUT2D eigenvalue weighted by atomic mass is 15.1. The number of nitriles is 2. The van der Waals surface area contributed by atoms with Gasteiger partial charge in [0.1, 0.15) is 0 Å². The van der Waals surface area contributed by atoms with Crippen molar-refractivity contribution in [1.82, 2.24) is 24.1 Å². The molecule has 0 saturated carbocycles. The Bertz CT molecular complexity index is 4920. The lowest BCUT2D eigenvalue weighted by Crippen LogP contribution is -2.06. The third-order valence-electron chi connectivity index (χ3n) is 16.1. The van der Waals surface area contributed by atoms with Crippen molar-refractivity contribution in [1.29, 1.82) is 10.5 Å². The first kappa shape index (κ1) is 49.3. The Kier molecular flexibility index (Phi) is 12.2. The van der Waals surface area contributed by atoms with Gasteiger partial charge in [-0.2, -0.15) is 10.5 Å². The van der Waals surface area contributed by atoms with E-state index in [1.807, 2.05) is 84.9 Å². The minimum absolute atomic E-state index is 0.437. The number of hydrogen-bond acceptors (Lipinski definition) is 5. The molecule has 0 radical (unpaired) electrons. The highest BCUT2D eigenvalue weighted by Gasteiger charge is 2.25. The van der Waals surface area contributed by atoms with Crippen LogP contribution < -0.4 is 0 Å². The molecule has 3 aromatic heterocycles. The van der Waals surface area contributed by atoms with Gasteiger partial charge in [0.25, 0.3) is 0 Å². The second-order valence-electron chi connectivity index (χ2n) is 21.0. The summed E-state index contributed by atoms with van der Waals surface area (Å²) >= 11 is 0. The van der Waals surface area contributed by atoms with E-state index in [1.54, 1.807) is 0 Å². The zero-order valence-corrected chi connectivity index (χ0v) is 45.3. The van der Waals surface area contributed by atoms with Gasteiger partial charge in [-0.05, 0) is 147 Å². The lowest BCUT2D eigenvalue weighted by atomic mass is 9.99. The molecule has 7 heteroatoms. The molecule has 15 aromatic rings. The van der Waals surface area contributed by atoms with Crippen LogP contribution in [-0.2, 0) is 0 Å². The first-order valence-corrected chi connectivity index (χ1v) is 27.9. The average molecular weight is 1070 g/mol. The summed E-state index contributed by atoms with van der Waals surface area (Å²) in [5, 5.41) is 24.9. The third-order valence-corrected chi connectivity index (χ3v) is 16.1. The molecule has 0 aliphatic heterocycles. The smallest absolute Gasteiger partial charge is 0.166 e. The van der Waals surface area contributed by atoms with Crippen LogP contribution in [-0.4, -0.2) is 24.1 Å². The topological polar surface area (TPSA) is 96.1 Å². The molecule has 390 valence electrons. The summed E-state index contributed by atoms with van der Waals surface area (Å²) in [4.78, 5) is 16.5. The van der Waals surface area contributed by atoms with E-state index in [-0.39, 0.29) is 0 Å². The van der Waals surface area contributed by atoms with Gasteiger partial charge in [-0.3, -0.25) is 0 Å². The lowest BCUT2D eigenvalue weighted by molar-refractivity contribution is 1.06. The van der Waals surface area contributed by atoms with Crippen LogP contribution in [0.4, 0.5) is 0 Å². The van der Waals surface area contributed by atoms with Crippen LogP contribution in [0.5, 0.6) is 0 Å². The Balaban J connectivity index is 1.00. The fraction of sp³-hybridized carbons (Fsp3) is 0. The van der Waals surface area contributed by atoms with Gasteiger partial charge in [-0.1, -0.05) is 194 Å². The van der Waals surface area contributed by atoms with E-state index in [0.717, 1.165) is 127 Å². The lowest BCUT2D eigenvalue weighted by Gasteiger charge is -2.18. The largest absolute Gasteiger partial charge is 0.308 e. The molecule has 12 aromatic carbocycles. The standard InChI is InChI=1S/C77H47N7/c78-48-50-26-29-56(30-27-50)62-35-41-73(83-69-37-31-58(52-16-6-1-7-17-52)43-64(69)65-44-59(32-38-70(65)83)53-18-8-2-9-19-53)68(47-62)77-81-75(57-24-14-5-15-25-57)80-76(82-77)63-36-28-51(49-79)42-74(63)84-71-39-33-60(54-20-10-3-11-21-54)45-66(71)67-46-61(34-40-72(67)84)55-22-12-4-13-23-55/h1-47H. The fourth-order valence-electron chi connectivity index (χ4n) is 11.9. The maximum Gasteiger partial charge on any atom is 0.166 e. The van der Waals surface area contributed by atoms with Crippen LogP contribution in [0.1, 0.15) is 11.1 Å². The number of rotatable bonds is 10. The minimum atomic E-state index is 0.437. The summed E-state index contributed by atoms with van der Waals surface area (Å²) in [6.07, 6.45) is 0. The quantitative estimate of drug-likeness (QED) is 0.136. The molecule has 15 rings (SSSR count). The number of aromatic nitrogens is 5. The van der Waals surface area contributed by atoms with Gasteiger partial charge in [0, 0.05) is 38.2 Å². The molecular weight excluding hydrogens is 1020 g/mol. The highest BCUT2D eigenvalue weighted by Crippen LogP contribution is 2.43. The fourth-order valence-corrected chi connectivity index (χ4v) is 11.9. The molecule has 0 spiro atoms. The van der Waals surface area contributed by atoms with Gasteiger partial charge in [0.2, 0.25) is 0 Å². The molecule has 0 aliphatic carbocycles. The van der Waals surface area contributed by atoms with E-state index in [4.69, 9.17) is 15.0 Å². The molecule has 0 fully saturated rings. The van der Waals surface area contributed by atoms with Gasteiger partial charge < -0.3 is 9.13 Å². The van der Waals surface area contributed by atoms with Gasteiger partial charge in [-0.15, -0.1) is 0 Å². The van der Waals surface area contributed by atoms with E-state index >= 15 is 0 Å². The normalized spacial score (nSPS) is 11.3. The molecular formula is C77H47N7. The third kappa shape index (κ3) is 8.74. The van der Waals surface area contributed by atoms with E-state index < -0.39 is 0 Å². The van der Waals surface area contributed by atoms with E-state index in [9.17, 15) is 10.5 Å². The van der Waals surface area contributed by atoms with E-state index in [1.165, 1.54) is 0 Å². The summed E-state index contributed by atoms with van der Waals surface area (Å²) < 4.78 is 4.61. The van der Waals surface area contributed by atoms with Crippen molar-refractivity contribution in [2.24, 2.45) is 0 Å². The van der Waals surface area contributed by atoms with Gasteiger partial charge >= 0.3 is 0 Å². The van der Waals surface area contributed by atoms with Crippen molar-refractivity contribution in [2.75, 3.05) is 0 Å². The highest BCUT2D eigenvalue weighted by molar-refractivity contribution is 6.13. The summed E-state index contributed by atoms with van der Waals surface area (Å²) in [6, 6.07) is 103. The molecule has 0 unspecified atom stereocenters. The number of hydrogen-bond donors (Lipinski definition) is 0. The zero-order chi connectivity index (χ0) is 56.1. The Morgan fingerprint density at radius 3 is 0.976 bits per heavy atom. The number of fused-ring (bicyclic) bond motifs is 6. The van der Waals surface area contributed by atoms with Gasteiger partial charge in [0.05, 0.1) is 56.7 Å². The molecule has 0 bridgehead atoms. The predicted molar refractivity (Wildman–Crippen MR) is 341 cm³/mol.